The molecule has 2 N–H and O–H groups in total. The summed E-state index contributed by atoms with van der Waals surface area (Å²) in [6.45, 7) is 2.68. The highest BCUT2D eigenvalue weighted by molar-refractivity contribution is 7.89. The Labute approximate surface area is 122 Å². The van der Waals surface area contributed by atoms with E-state index in [2.05, 4.69) is 0 Å². The molecule has 1 atom stereocenters. The lowest BCUT2D eigenvalue weighted by atomic mass is 10.1. The molecule has 0 saturated heterocycles. The van der Waals surface area contributed by atoms with E-state index in [1.54, 1.807) is 6.07 Å². The largest absolute Gasteiger partial charge is 0.392 e. The van der Waals surface area contributed by atoms with E-state index in [1.807, 2.05) is 11.6 Å². The fraction of sp³-hybridized carbons (Fsp3) is 0.538. The molecule has 0 aromatic heterocycles. The molecule has 0 aliphatic rings. The van der Waals surface area contributed by atoms with Crippen molar-refractivity contribution in [2.24, 2.45) is 0 Å². The van der Waals surface area contributed by atoms with Crippen molar-refractivity contribution >= 4 is 10.0 Å². The predicted octanol–water partition coefficient (Wildman–Crippen LogP) is 2.36. The summed E-state index contributed by atoms with van der Waals surface area (Å²) in [5, 5.41) is 9.21. The monoisotopic (exact) mass is 325 g/mol. The van der Waals surface area contributed by atoms with Crippen LogP contribution in [0.4, 0.5) is 13.2 Å². The molecule has 0 saturated carbocycles. The molecule has 120 valence electrons. The zero-order valence-electron chi connectivity index (χ0n) is 11.7. The number of aryl methyl sites for hydroxylation is 1. The van der Waals surface area contributed by atoms with Crippen LogP contribution in [0.5, 0.6) is 0 Å². The summed E-state index contributed by atoms with van der Waals surface area (Å²) in [7, 11) is -4.05. The van der Waals surface area contributed by atoms with Crippen LogP contribution in [0.15, 0.2) is 23.1 Å². The van der Waals surface area contributed by atoms with Gasteiger partial charge in [0.2, 0.25) is 10.0 Å². The smallest absolute Gasteiger partial charge is 0.390 e. The first-order valence-corrected chi connectivity index (χ1v) is 7.89. The molecule has 0 amide bonds. The van der Waals surface area contributed by atoms with Crippen molar-refractivity contribution in [1.29, 1.82) is 0 Å². The van der Waals surface area contributed by atoms with Crippen molar-refractivity contribution in [1.82, 2.24) is 4.72 Å². The van der Waals surface area contributed by atoms with Gasteiger partial charge in [-0.15, -0.1) is 0 Å². The van der Waals surface area contributed by atoms with Crippen molar-refractivity contribution in [3.05, 3.63) is 29.3 Å². The number of aliphatic hydroxyl groups excluding tert-OH is 1. The fourth-order valence-corrected chi connectivity index (χ4v) is 3.28. The average molecular weight is 325 g/mol. The number of hydrogen-bond acceptors (Lipinski definition) is 3. The Bertz CT molecular complexity index is 585. The van der Waals surface area contributed by atoms with Gasteiger partial charge in [0.05, 0.1) is 17.9 Å². The second kappa shape index (κ2) is 6.76. The van der Waals surface area contributed by atoms with Crippen molar-refractivity contribution in [3.8, 4) is 0 Å². The molecule has 0 aliphatic carbocycles. The molecule has 0 heterocycles. The second-order valence-electron chi connectivity index (χ2n) is 4.78. The number of halogens is 3. The van der Waals surface area contributed by atoms with Crippen LogP contribution in [0.25, 0.3) is 0 Å². The van der Waals surface area contributed by atoms with E-state index in [9.17, 15) is 26.7 Å². The number of benzene rings is 1. The van der Waals surface area contributed by atoms with Gasteiger partial charge in [-0.25, -0.2) is 13.1 Å². The molecule has 1 rings (SSSR count). The van der Waals surface area contributed by atoms with Crippen molar-refractivity contribution in [3.63, 3.8) is 0 Å². The van der Waals surface area contributed by atoms with E-state index in [0.29, 0.717) is 12.0 Å². The van der Waals surface area contributed by atoms with Gasteiger partial charge in [0.1, 0.15) is 0 Å². The summed E-state index contributed by atoms with van der Waals surface area (Å²) in [4.78, 5) is -0.155. The maximum Gasteiger partial charge on any atom is 0.390 e. The lowest BCUT2D eigenvalue weighted by Gasteiger charge is -2.16. The lowest BCUT2D eigenvalue weighted by molar-refractivity contribution is -0.137. The number of aliphatic hydroxyl groups is 1. The van der Waals surface area contributed by atoms with Gasteiger partial charge in [0, 0.05) is 6.04 Å². The standard InChI is InChI=1S/C13H18F3NO3S/c1-3-10-4-5-12(6-11(10)8-18)21(19,20)17-9(2)7-13(14,15)16/h4-6,9,17-18H,3,7-8H2,1-2H3. The maximum atomic E-state index is 12.2. The highest BCUT2D eigenvalue weighted by atomic mass is 32.2. The minimum Gasteiger partial charge on any atom is -0.392 e. The molecule has 0 spiro atoms. The highest BCUT2D eigenvalue weighted by Gasteiger charge is 2.32. The quantitative estimate of drug-likeness (QED) is 0.844. The van der Waals surface area contributed by atoms with Crippen molar-refractivity contribution in [2.45, 2.75) is 50.4 Å². The number of nitrogens with one attached hydrogen (secondary N) is 1. The molecule has 0 fully saturated rings. The van der Waals surface area contributed by atoms with Crippen LogP contribution in [0, 0.1) is 0 Å². The molecule has 8 heteroatoms. The molecule has 0 bridgehead atoms. The Morgan fingerprint density at radius 1 is 1.29 bits per heavy atom. The summed E-state index contributed by atoms with van der Waals surface area (Å²) in [6, 6.07) is 2.88. The van der Waals surface area contributed by atoms with E-state index < -0.39 is 28.7 Å². The Balaban J connectivity index is 2.98. The first-order valence-electron chi connectivity index (χ1n) is 6.40. The van der Waals surface area contributed by atoms with Gasteiger partial charge in [-0.1, -0.05) is 13.0 Å². The number of alkyl halides is 3. The van der Waals surface area contributed by atoms with Gasteiger partial charge in [-0.2, -0.15) is 13.2 Å². The van der Waals surface area contributed by atoms with Gasteiger partial charge in [-0.05, 0) is 36.6 Å². The van der Waals surface area contributed by atoms with E-state index in [0.717, 1.165) is 12.5 Å². The molecule has 0 aliphatic heterocycles. The third kappa shape index (κ3) is 5.29. The van der Waals surface area contributed by atoms with Gasteiger partial charge in [0.25, 0.3) is 0 Å². The zero-order valence-corrected chi connectivity index (χ0v) is 12.6. The van der Waals surface area contributed by atoms with Crippen molar-refractivity contribution in [2.75, 3.05) is 0 Å². The summed E-state index contributed by atoms with van der Waals surface area (Å²) in [6.07, 6.45) is -5.06. The first kappa shape index (κ1) is 17.9. The van der Waals surface area contributed by atoms with Crippen LogP contribution < -0.4 is 4.72 Å². The summed E-state index contributed by atoms with van der Waals surface area (Å²) in [5.41, 5.74) is 1.24. The third-order valence-electron chi connectivity index (χ3n) is 2.93. The van der Waals surface area contributed by atoms with Crippen LogP contribution >= 0.6 is 0 Å². The second-order valence-corrected chi connectivity index (χ2v) is 6.50. The topological polar surface area (TPSA) is 66.4 Å². The predicted molar refractivity (Wildman–Crippen MR) is 72.2 cm³/mol. The Hall–Kier alpha value is -1.12. The lowest BCUT2D eigenvalue weighted by Crippen LogP contribution is -2.36. The molecule has 1 aromatic rings. The van der Waals surface area contributed by atoms with Crippen LogP contribution in [-0.4, -0.2) is 25.7 Å². The third-order valence-corrected chi connectivity index (χ3v) is 4.52. The summed E-state index contributed by atoms with van der Waals surface area (Å²) < 4.78 is 62.8. The Kier molecular flexibility index (Phi) is 5.77. The number of sulfonamides is 1. The zero-order chi connectivity index (χ0) is 16.3. The Morgan fingerprint density at radius 2 is 1.90 bits per heavy atom. The minimum atomic E-state index is -4.44. The summed E-state index contributed by atoms with van der Waals surface area (Å²) >= 11 is 0. The Morgan fingerprint density at radius 3 is 2.38 bits per heavy atom. The van der Waals surface area contributed by atoms with E-state index in [1.165, 1.54) is 12.1 Å². The van der Waals surface area contributed by atoms with Crippen LogP contribution in [0.1, 0.15) is 31.4 Å². The van der Waals surface area contributed by atoms with Crippen molar-refractivity contribution < 1.29 is 26.7 Å². The number of hydrogen-bond donors (Lipinski definition) is 2. The average Bonchev–Trinajstić information content (AvgIpc) is 2.34. The van der Waals surface area contributed by atoms with Gasteiger partial charge < -0.3 is 5.11 Å². The molecule has 1 aromatic carbocycles. The minimum absolute atomic E-state index is 0.155. The molecule has 21 heavy (non-hydrogen) atoms. The van der Waals surface area contributed by atoms with E-state index in [-0.39, 0.29) is 11.5 Å². The van der Waals surface area contributed by atoms with Crippen LogP contribution in [0.3, 0.4) is 0 Å². The molecule has 0 radical (unpaired) electrons. The molecular formula is C13H18F3NO3S. The maximum absolute atomic E-state index is 12.2. The first-order chi connectivity index (χ1) is 9.59. The SMILES string of the molecule is CCc1ccc(S(=O)(=O)NC(C)CC(F)(F)F)cc1CO. The van der Waals surface area contributed by atoms with Gasteiger partial charge >= 0.3 is 6.18 Å². The molecular weight excluding hydrogens is 307 g/mol. The van der Waals surface area contributed by atoms with Crippen LogP contribution in [-0.2, 0) is 23.1 Å². The van der Waals surface area contributed by atoms with E-state index in [4.69, 9.17) is 0 Å². The van der Waals surface area contributed by atoms with Gasteiger partial charge in [-0.3, -0.25) is 0 Å². The normalized spacial score (nSPS) is 14.2. The molecule has 4 nitrogen and oxygen atoms in total. The molecule has 1 unspecified atom stereocenters. The highest BCUT2D eigenvalue weighted by Crippen LogP contribution is 2.23. The van der Waals surface area contributed by atoms with Crippen LogP contribution in [0.2, 0.25) is 0 Å². The fourth-order valence-electron chi connectivity index (χ4n) is 1.98. The van der Waals surface area contributed by atoms with Gasteiger partial charge in [0.15, 0.2) is 0 Å². The van der Waals surface area contributed by atoms with E-state index >= 15 is 0 Å². The number of rotatable bonds is 6. The summed E-state index contributed by atoms with van der Waals surface area (Å²) in [5.74, 6) is 0.